The molecule has 0 aliphatic heterocycles. The molecule has 0 radical (unpaired) electrons. The number of benzene rings is 1. The van der Waals surface area contributed by atoms with Gasteiger partial charge in [0.25, 0.3) is 0 Å². The second-order valence-corrected chi connectivity index (χ2v) is 4.48. The van der Waals surface area contributed by atoms with Gasteiger partial charge in [-0.2, -0.15) is 0 Å². The maximum atomic E-state index is 9.48. The first-order chi connectivity index (χ1) is 8.74. The molecule has 1 atom stereocenters. The van der Waals surface area contributed by atoms with Gasteiger partial charge in [0.2, 0.25) is 0 Å². The van der Waals surface area contributed by atoms with Crippen LogP contribution in [0, 0.1) is 0 Å². The molecule has 0 spiro atoms. The molecule has 0 amide bonds. The number of hydrogen-bond donors (Lipinski definition) is 3. The maximum absolute atomic E-state index is 9.48. The maximum Gasteiger partial charge on any atom is 0.0949 e. The van der Waals surface area contributed by atoms with Crippen LogP contribution in [-0.2, 0) is 13.1 Å². The van der Waals surface area contributed by atoms with Gasteiger partial charge >= 0.3 is 0 Å². The Morgan fingerprint density at radius 2 is 2.17 bits per heavy atom. The van der Waals surface area contributed by atoms with Crippen LogP contribution < -0.4 is 5.32 Å². The molecule has 18 heavy (non-hydrogen) atoms. The van der Waals surface area contributed by atoms with Crippen LogP contribution in [0.25, 0.3) is 10.9 Å². The van der Waals surface area contributed by atoms with Crippen LogP contribution in [0.15, 0.2) is 30.5 Å². The predicted molar refractivity (Wildman–Crippen MR) is 72.4 cm³/mol. The van der Waals surface area contributed by atoms with E-state index in [-0.39, 0.29) is 6.61 Å². The van der Waals surface area contributed by atoms with Gasteiger partial charge in [-0.3, -0.25) is 0 Å². The molecule has 4 heteroatoms. The SMILES string of the molecule is CCNCc1ccc2c(ccn2CC(O)CO)c1. The summed E-state index contributed by atoms with van der Waals surface area (Å²) in [5, 5.41) is 22.8. The Balaban J connectivity index is 2.20. The number of fused-ring (bicyclic) bond motifs is 1. The second kappa shape index (κ2) is 6.00. The van der Waals surface area contributed by atoms with Crippen molar-refractivity contribution >= 4 is 10.9 Å². The Morgan fingerprint density at radius 3 is 2.89 bits per heavy atom. The summed E-state index contributed by atoms with van der Waals surface area (Å²) in [6.45, 7) is 4.13. The number of aliphatic hydroxyl groups is 2. The van der Waals surface area contributed by atoms with Crippen molar-refractivity contribution in [1.29, 1.82) is 0 Å². The summed E-state index contributed by atoms with van der Waals surface area (Å²) in [6, 6.07) is 8.34. The molecule has 2 rings (SSSR count). The lowest BCUT2D eigenvalue weighted by Gasteiger charge is -2.10. The quantitative estimate of drug-likeness (QED) is 0.717. The first kappa shape index (κ1) is 13.1. The van der Waals surface area contributed by atoms with Crippen molar-refractivity contribution in [3.05, 3.63) is 36.0 Å². The second-order valence-electron chi connectivity index (χ2n) is 4.48. The average Bonchev–Trinajstić information content (AvgIpc) is 2.78. The monoisotopic (exact) mass is 248 g/mol. The molecular weight excluding hydrogens is 228 g/mol. The zero-order valence-corrected chi connectivity index (χ0v) is 10.6. The van der Waals surface area contributed by atoms with E-state index in [1.807, 2.05) is 16.8 Å². The molecule has 3 N–H and O–H groups in total. The van der Waals surface area contributed by atoms with Crippen LogP contribution in [0.4, 0.5) is 0 Å². The van der Waals surface area contributed by atoms with Crippen molar-refractivity contribution in [2.75, 3.05) is 13.2 Å². The molecule has 0 saturated heterocycles. The van der Waals surface area contributed by atoms with E-state index in [2.05, 4.69) is 30.4 Å². The van der Waals surface area contributed by atoms with Crippen molar-refractivity contribution < 1.29 is 10.2 Å². The largest absolute Gasteiger partial charge is 0.394 e. The van der Waals surface area contributed by atoms with Crippen molar-refractivity contribution in [2.45, 2.75) is 26.1 Å². The Labute approximate surface area is 107 Å². The lowest BCUT2D eigenvalue weighted by Crippen LogP contribution is -2.19. The van der Waals surface area contributed by atoms with E-state index in [0.29, 0.717) is 6.54 Å². The van der Waals surface area contributed by atoms with Gasteiger partial charge in [-0.25, -0.2) is 0 Å². The smallest absolute Gasteiger partial charge is 0.0949 e. The van der Waals surface area contributed by atoms with Gasteiger partial charge in [0.15, 0.2) is 0 Å². The third kappa shape index (κ3) is 2.90. The minimum Gasteiger partial charge on any atom is -0.394 e. The number of aromatic nitrogens is 1. The summed E-state index contributed by atoms with van der Waals surface area (Å²) in [5.74, 6) is 0. The third-order valence-corrected chi connectivity index (χ3v) is 3.03. The van der Waals surface area contributed by atoms with Gasteiger partial charge in [0, 0.05) is 18.3 Å². The van der Waals surface area contributed by atoms with Gasteiger partial charge in [-0.05, 0) is 35.7 Å². The fraction of sp³-hybridized carbons (Fsp3) is 0.429. The molecule has 1 aromatic carbocycles. The van der Waals surface area contributed by atoms with E-state index in [9.17, 15) is 5.11 Å². The zero-order valence-electron chi connectivity index (χ0n) is 10.6. The molecule has 98 valence electrons. The van der Waals surface area contributed by atoms with Gasteiger partial charge in [0.05, 0.1) is 19.3 Å². The first-order valence-corrected chi connectivity index (χ1v) is 6.32. The van der Waals surface area contributed by atoms with E-state index < -0.39 is 6.10 Å². The van der Waals surface area contributed by atoms with Crippen LogP contribution in [0.3, 0.4) is 0 Å². The average molecular weight is 248 g/mol. The third-order valence-electron chi connectivity index (χ3n) is 3.03. The molecule has 4 nitrogen and oxygen atoms in total. The fourth-order valence-electron chi connectivity index (χ4n) is 2.07. The number of hydrogen-bond acceptors (Lipinski definition) is 3. The molecule has 0 aliphatic rings. The molecule has 0 aliphatic carbocycles. The van der Waals surface area contributed by atoms with Crippen LogP contribution >= 0.6 is 0 Å². The highest BCUT2D eigenvalue weighted by Gasteiger charge is 2.06. The van der Waals surface area contributed by atoms with Crippen LogP contribution in [0.1, 0.15) is 12.5 Å². The lowest BCUT2D eigenvalue weighted by atomic mass is 10.1. The zero-order chi connectivity index (χ0) is 13.0. The van der Waals surface area contributed by atoms with Crippen molar-refractivity contribution in [2.24, 2.45) is 0 Å². The molecule has 1 unspecified atom stereocenters. The normalized spacial score (nSPS) is 13.1. The highest BCUT2D eigenvalue weighted by atomic mass is 16.3. The van der Waals surface area contributed by atoms with Gasteiger partial charge in [-0.15, -0.1) is 0 Å². The minimum absolute atomic E-state index is 0.210. The van der Waals surface area contributed by atoms with Gasteiger partial charge in [-0.1, -0.05) is 13.0 Å². The lowest BCUT2D eigenvalue weighted by molar-refractivity contribution is 0.0822. The Hall–Kier alpha value is -1.36. The van der Waals surface area contributed by atoms with Gasteiger partial charge in [0.1, 0.15) is 0 Å². The Bertz CT molecular complexity index is 507. The highest BCUT2D eigenvalue weighted by Crippen LogP contribution is 2.18. The van der Waals surface area contributed by atoms with Crippen molar-refractivity contribution in [3.63, 3.8) is 0 Å². The molecule has 0 fully saturated rings. The highest BCUT2D eigenvalue weighted by molar-refractivity contribution is 5.80. The summed E-state index contributed by atoms with van der Waals surface area (Å²) >= 11 is 0. The summed E-state index contributed by atoms with van der Waals surface area (Å²) < 4.78 is 1.97. The van der Waals surface area contributed by atoms with Crippen LogP contribution in [-0.4, -0.2) is 34.0 Å². The molecule has 1 heterocycles. The minimum atomic E-state index is -0.706. The van der Waals surface area contributed by atoms with E-state index in [4.69, 9.17) is 5.11 Å². The van der Waals surface area contributed by atoms with Crippen molar-refractivity contribution in [3.8, 4) is 0 Å². The summed E-state index contributed by atoms with van der Waals surface area (Å²) in [5.41, 5.74) is 2.34. The summed E-state index contributed by atoms with van der Waals surface area (Å²) in [7, 11) is 0. The number of nitrogens with zero attached hydrogens (tertiary/aromatic N) is 1. The van der Waals surface area contributed by atoms with Crippen LogP contribution in [0.2, 0.25) is 0 Å². The van der Waals surface area contributed by atoms with Crippen LogP contribution in [0.5, 0.6) is 0 Å². The van der Waals surface area contributed by atoms with Crippen molar-refractivity contribution in [1.82, 2.24) is 9.88 Å². The fourth-order valence-corrected chi connectivity index (χ4v) is 2.07. The molecule has 0 bridgehead atoms. The van der Waals surface area contributed by atoms with E-state index in [0.717, 1.165) is 24.0 Å². The molecular formula is C14H20N2O2. The van der Waals surface area contributed by atoms with E-state index in [1.165, 1.54) is 5.56 Å². The topological polar surface area (TPSA) is 57.4 Å². The standard InChI is InChI=1S/C14H20N2O2/c1-2-15-8-11-3-4-14-12(7-11)5-6-16(14)9-13(18)10-17/h3-7,13,15,17-18H,2,8-10H2,1H3. The molecule has 0 saturated carbocycles. The number of rotatable bonds is 6. The molecule has 1 aromatic heterocycles. The predicted octanol–water partition coefficient (Wildman–Crippen LogP) is 1.10. The molecule has 2 aromatic rings. The summed E-state index contributed by atoms with van der Waals surface area (Å²) in [4.78, 5) is 0. The summed E-state index contributed by atoms with van der Waals surface area (Å²) in [6.07, 6.45) is 1.24. The number of aliphatic hydroxyl groups excluding tert-OH is 2. The first-order valence-electron chi connectivity index (χ1n) is 6.32. The Morgan fingerprint density at radius 1 is 1.33 bits per heavy atom. The van der Waals surface area contributed by atoms with E-state index in [1.54, 1.807) is 0 Å². The van der Waals surface area contributed by atoms with Gasteiger partial charge < -0.3 is 20.1 Å². The Kier molecular flexibility index (Phi) is 4.36. The van der Waals surface area contributed by atoms with E-state index >= 15 is 0 Å². The number of nitrogens with one attached hydrogen (secondary N) is 1.